The van der Waals surface area contributed by atoms with E-state index in [1.807, 2.05) is 6.07 Å². The highest BCUT2D eigenvalue weighted by molar-refractivity contribution is 7.17. The van der Waals surface area contributed by atoms with Gasteiger partial charge in [0.2, 0.25) is 0 Å². The number of thiophene rings is 1. The van der Waals surface area contributed by atoms with E-state index in [1.165, 1.54) is 30.5 Å². The number of unbranched alkanes of at least 4 members (excludes halogenated alkanes) is 1. The van der Waals surface area contributed by atoms with Crippen molar-refractivity contribution in [1.82, 2.24) is 4.90 Å². The first-order chi connectivity index (χ1) is 9.79. The minimum absolute atomic E-state index is 0.403. The van der Waals surface area contributed by atoms with E-state index < -0.39 is 0 Å². The van der Waals surface area contributed by atoms with Crippen molar-refractivity contribution in [1.29, 1.82) is 0 Å². The minimum atomic E-state index is 0.403. The van der Waals surface area contributed by atoms with Gasteiger partial charge < -0.3 is 10.0 Å². The highest BCUT2D eigenvalue weighted by Crippen LogP contribution is 2.37. The van der Waals surface area contributed by atoms with Crippen LogP contribution in [0.4, 0.5) is 5.69 Å². The summed E-state index contributed by atoms with van der Waals surface area (Å²) in [7, 11) is 0. The van der Waals surface area contributed by atoms with Gasteiger partial charge in [0.25, 0.3) is 0 Å². The summed E-state index contributed by atoms with van der Waals surface area (Å²) in [6.45, 7) is 7.94. The average molecular weight is 290 g/mol. The summed E-state index contributed by atoms with van der Waals surface area (Å²) in [6.07, 6.45) is 2.57. The van der Waals surface area contributed by atoms with Gasteiger partial charge in [0.1, 0.15) is 5.75 Å². The molecule has 108 valence electrons. The molecule has 2 heterocycles. The molecule has 0 amide bonds. The second-order valence-electron chi connectivity index (χ2n) is 5.45. The van der Waals surface area contributed by atoms with Crippen molar-refractivity contribution in [2.24, 2.45) is 0 Å². The summed E-state index contributed by atoms with van der Waals surface area (Å²) in [5, 5.41) is 13.2. The Hall–Kier alpha value is -1.26. The average Bonchev–Trinajstić information content (AvgIpc) is 2.97. The van der Waals surface area contributed by atoms with Crippen LogP contribution in [0.15, 0.2) is 23.6 Å². The zero-order valence-electron chi connectivity index (χ0n) is 12.0. The molecule has 0 aliphatic carbocycles. The molecular weight excluding hydrogens is 268 g/mol. The number of aromatic hydroxyl groups is 1. The Morgan fingerprint density at radius 2 is 1.95 bits per heavy atom. The molecule has 4 heteroatoms. The number of phenolic OH excluding ortho intramolecular Hbond substituents is 1. The fourth-order valence-electron chi connectivity index (χ4n) is 2.90. The molecule has 0 radical (unpaired) electrons. The predicted octanol–water partition coefficient (Wildman–Crippen LogP) is 3.53. The van der Waals surface area contributed by atoms with Crippen molar-refractivity contribution in [3.63, 3.8) is 0 Å². The molecule has 1 saturated heterocycles. The zero-order valence-corrected chi connectivity index (χ0v) is 12.8. The van der Waals surface area contributed by atoms with Crippen LogP contribution in [0.2, 0.25) is 0 Å². The first-order valence-electron chi connectivity index (χ1n) is 7.46. The van der Waals surface area contributed by atoms with Crippen LogP contribution < -0.4 is 4.90 Å². The van der Waals surface area contributed by atoms with Crippen molar-refractivity contribution >= 4 is 27.1 Å². The van der Waals surface area contributed by atoms with Gasteiger partial charge in [-0.2, -0.15) is 0 Å². The van der Waals surface area contributed by atoms with Gasteiger partial charge >= 0.3 is 0 Å². The van der Waals surface area contributed by atoms with Gasteiger partial charge in [-0.25, -0.2) is 0 Å². The van der Waals surface area contributed by atoms with Crippen molar-refractivity contribution in [2.45, 2.75) is 19.8 Å². The largest absolute Gasteiger partial charge is 0.506 e. The minimum Gasteiger partial charge on any atom is -0.506 e. The standard InChI is InChI=1S/C16H22N2OS/c1-2-3-7-17-8-10-18(11-9-17)14-4-5-15(19)16-13(14)6-12-20-16/h4-6,12,19H,2-3,7-11H2,1H3. The Morgan fingerprint density at radius 1 is 1.15 bits per heavy atom. The Labute approximate surface area is 124 Å². The number of hydrogen-bond donors (Lipinski definition) is 1. The number of anilines is 1. The van der Waals surface area contributed by atoms with Gasteiger partial charge in [0.15, 0.2) is 0 Å². The van der Waals surface area contributed by atoms with Crippen LogP contribution in [-0.4, -0.2) is 42.7 Å². The summed E-state index contributed by atoms with van der Waals surface area (Å²) < 4.78 is 1.01. The van der Waals surface area contributed by atoms with Crippen molar-refractivity contribution < 1.29 is 5.11 Å². The molecular formula is C16H22N2OS. The van der Waals surface area contributed by atoms with Gasteiger partial charge in [-0.3, -0.25) is 4.90 Å². The molecule has 3 nitrogen and oxygen atoms in total. The van der Waals surface area contributed by atoms with E-state index in [4.69, 9.17) is 0 Å². The summed E-state index contributed by atoms with van der Waals surface area (Å²) in [5.41, 5.74) is 1.27. The zero-order chi connectivity index (χ0) is 13.9. The third-order valence-electron chi connectivity index (χ3n) is 4.11. The smallest absolute Gasteiger partial charge is 0.133 e. The van der Waals surface area contributed by atoms with Gasteiger partial charge in [-0.15, -0.1) is 11.3 Å². The van der Waals surface area contributed by atoms with E-state index in [9.17, 15) is 5.11 Å². The molecule has 0 atom stereocenters. The molecule has 1 fully saturated rings. The number of fused-ring (bicyclic) bond motifs is 1. The molecule has 0 saturated carbocycles. The third-order valence-corrected chi connectivity index (χ3v) is 5.05. The van der Waals surface area contributed by atoms with Crippen LogP contribution in [-0.2, 0) is 0 Å². The van der Waals surface area contributed by atoms with E-state index in [1.54, 1.807) is 11.3 Å². The molecule has 0 bridgehead atoms. The van der Waals surface area contributed by atoms with Gasteiger partial charge in [-0.05, 0) is 36.5 Å². The van der Waals surface area contributed by atoms with Gasteiger partial charge in [0.05, 0.1) is 4.70 Å². The molecule has 2 aromatic rings. The van der Waals surface area contributed by atoms with Crippen molar-refractivity contribution in [3.8, 4) is 5.75 Å². The maximum Gasteiger partial charge on any atom is 0.133 e. The lowest BCUT2D eigenvalue weighted by molar-refractivity contribution is 0.254. The highest BCUT2D eigenvalue weighted by atomic mass is 32.1. The number of benzene rings is 1. The van der Waals surface area contributed by atoms with E-state index in [0.717, 1.165) is 30.9 Å². The maximum absolute atomic E-state index is 9.91. The number of hydrogen-bond acceptors (Lipinski definition) is 4. The molecule has 1 N–H and O–H groups in total. The molecule has 0 spiro atoms. The van der Waals surface area contributed by atoms with Crippen molar-refractivity contribution in [3.05, 3.63) is 23.6 Å². The lowest BCUT2D eigenvalue weighted by atomic mass is 10.1. The molecule has 1 aliphatic heterocycles. The van der Waals surface area contributed by atoms with E-state index >= 15 is 0 Å². The molecule has 1 aliphatic rings. The summed E-state index contributed by atoms with van der Waals surface area (Å²) >= 11 is 1.62. The Morgan fingerprint density at radius 3 is 2.70 bits per heavy atom. The fraction of sp³-hybridized carbons (Fsp3) is 0.500. The van der Waals surface area contributed by atoms with Crippen LogP contribution in [0, 0.1) is 0 Å². The Kier molecular flexibility index (Phi) is 4.13. The number of nitrogens with zero attached hydrogens (tertiary/aromatic N) is 2. The van der Waals surface area contributed by atoms with Crippen LogP contribution >= 0.6 is 11.3 Å². The molecule has 0 unspecified atom stereocenters. The summed E-state index contributed by atoms with van der Waals surface area (Å²) in [4.78, 5) is 5.02. The molecule has 3 rings (SSSR count). The van der Waals surface area contributed by atoms with Gasteiger partial charge in [-0.1, -0.05) is 13.3 Å². The third kappa shape index (κ3) is 2.63. The predicted molar refractivity (Wildman–Crippen MR) is 87.1 cm³/mol. The first-order valence-corrected chi connectivity index (χ1v) is 8.34. The monoisotopic (exact) mass is 290 g/mol. The van der Waals surface area contributed by atoms with Crippen LogP contribution in [0.1, 0.15) is 19.8 Å². The highest BCUT2D eigenvalue weighted by Gasteiger charge is 2.19. The van der Waals surface area contributed by atoms with E-state index in [0.29, 0.717) is 5.75 Å². The molecule has 20 heavy (non-hydrogen) atoms. The second-order valence-corrected chi connectivity index (χ2v) is 6.37. The van der Waals surface area contributed by atoms with Crippen LogP contribution in [0.25, 0.3) is 10.1 Å². The van der Waals surface area contributed by atoms with E-state index in [-0.39, 0.29) is 0 Å². The number of piperazine rings is 1. The topological polar surface area (TPSA) is 26.7 Å². The fourth-order valence-corrected chi connectivity index (χ4v) is 3.73. The second kappa shape index (κ2) is 6.02. The van der Waals surface area contributed by atoms with Gasteiger partial charge in [0, 0.05) is 37.3 Å². The van der Waals surface area contributed by atoms with Crippen LogP contribution in [0.3, 0.4) is 0 Å². The Balaban J connectivity index is 1.74. The Bertz CT molecular complexity index is 573. The van der Waals surface area contributed by atoms with Crippen LogP contribution in [0.5, 0.6) is 5.75 Å². The lowest BCUT2D eigenvalue weighted by Crippen LogP contribution is -2.46. The normalized spacial score (nSPS) is 16.9. The molecule has 1 aromatic heterocycles. The first kappa shape index (κ1) is 13.7. The summed E-state index contributed by atoms with van der Waals surface area (Å²) in [5.74, 6) is 0.403. The number of rotatable bonds is 4. The SMILES string of the molecule is CCCCN1CCN(c2ccc(O)c3sccc23)CC1. The van der Waals surface area contributed by atoms with E-state index in [2.05, 4.69) is 34.2 Å². The summed E-state index contributed by atoms with van der Waals surface area (Å²) in [6, 6.07) is 6.02. The molecule has 1 aromatic carbocycles. The van der Waals surface area contributed by atoms with Crippen molar-refractivity contribution in [2.75, 3.05) is 37.6 Å². The number of phenols is 1. The maximum atomic E-state index is 9.91. The quantitative estimate of drug-likeness (QED) is 0.933. The lowest BCUT2D eigenvalue weighted by Gasteiger charge is -2.36.